The van der Waals surface area contributed by atoms with E-state index in [9.17, 15) is 0 Å². The maximum absolute atomic E-state index is 6.28. The molecule has 0 spiro atoms. The monoisotopic (exact) mass is 276 g/mol. The molecule has 0 fully saturated rings. The molecular formula is C14H20N4S. The fraction of sp³-hybridized carbons (Fsp3) is 0.500. The fourth-order valence-electron chi connectivity index (χ4n) is 1.78. The molecule has 0 saturated heterocycles. The van der Waals surface area contributed by atoms with Crippen LogP contribution >= 0.6 is 11.3 Å². The lowest BCUT2D eigenvalue weighted by atomic mass is 9.87. The Morgan fingerprint density at radius 3 is 2.21 bits per heavy atom. The molecule has 2 rings (SSSR count). The van der Waals surface area contributed by atoms with Gasteiger partial charge >= 0.3 is 0 Å². The summed E-state index contributed by atoms with van der Waals surface area (Å²) < 4.78 is 0. The predicted octanol–water partition coefficient (Wildman–Crippen LogP) is 3.09. The van der Waals surface area contributed by atoms with Gasteiger partial charge in [-0.1, -0.05) is 20.8 Å². The van der Waals surface area contributed by atoms with E-state index >= 15 is 0 Å². The second-order valence-corrected chi connectivity index (χ2v) is 7.26. The average Bonchev–Trinajstić information content (AvgIpc) is 2.74. The van der Waals surface area contributed by atoms with Crippen molar-refractivity contribution in [3.63, 3.8) is 0 Å². The summed E-state index contributed by atoms with van der Waals surface area (Å²) in [7, 11) is 0. The molecule has 2 aromatic heterocycles. The number of nitrogens with zero attached hydrogens (tertiary/aromatic N) is 3. The third kappa shape index (κ3) is 2.98. The predicted molar refractivity (Wildman–Crippen MR) is 79.1 cm³/mol. The summed E-state index contributed by atoms with van der Waals surface area (Å²) >= 11 is 1.61. The third-order valence-corrected chi connectivity index (χ3v) is 4.12. The summed E-state index contributed by atoms with van der Waals surface area (Å²) in [5.41, 5.74) is 7.69. The van der Waals surface area contributed by atoms with Crippen molar-refractivity contribution in [1.82, 2.24) is 15.0 Å². The molecule has 0 saturated carbocycles. The zero-order valence-corrected chi connectivity index (χ0v) is 12.9. The van der Waals surface area contributed by atoms with E-state index in [-0.39, 0.29) is 5.41 Å². The molecule has 0 radical (unpaired) electrons. The standard InChI is InChI=1S/C14H20N4S/c1-13(2,3)10-11(14(4,5)15)19-12(18-10)9-8-16-6-7-17-9/h6-8H,15H2,1-5H3. The molecule has 19 heavy (non-hydrogen) atoms. The van der Waals surface area contributed by atoms with E-state index in [1.807, 2.05) is 13.8 Å². The highest BCUT2D eigenvalue weighted by Crippen LogP contribution is 2.38. The summed E-state index contributed by atoms with van der Waals surface area (Å²) in [5.74, 6) is 0. The molecular weight excluding hydrogens is 256 g/mol. The first-order valence-electron chi connectivity index (χ1n) is 6.26. The summed E-state index contributed by atoms with van der Waals surface area (Å²) in [6.07, 6.45) is 5.08. The van der Waals surface area contributed by atoms with E-state index in [2.05, 4.69) is 30.7 Å². The van der Waals surface area contributed by atoms with Gasteiger partial charge in [-0.3, -0.25) is 9.97 Å². The highest BCUT2D eigenvalue weighted by molar-refractivity contribution is 7.15. The zero-order chi connectivity index (χ0) is 14.3. The van der Waals surface area contributed by atoms with E-state index in [4.69, 9.17) is 10.7 Å². The summed E-state index contributed by atoms with van der Waals surface area (Å²) in [6, 6.07) is 0. The van der Waals surface area contributed by atoms with Crippen LogP contribution in [0.3, 0.4) is 0 Å². The first-order chi connectivity index (χ1) is 8.69. The molecule has 5 heteroatoms. The van der Waals surface area contributed by atoms with Gasteiger partial charge in [-0.15, -0.1) is 11.3 Å². The largest absolute Gasteiger partial charge is 0.321 e. The molecule has 2 N–H and O–H groups in total. The smallest absolute Gasteiger partial charge is 0.144 e. The topological polar surface area (TPSA) is 64.7 Å². The Labute approximate surface area is 118 Å². The second-order valence-electron chi connectivity index (χ2n) is 6.26. The minimum Gasteiger partial charge on any atom is -0.321 e. The van der Waals surface area contributed by atoms with Crippen LogP contribution in [0.4, 0.5) is 0 Å². The molecule has 0 amide bonds. The van der Waals surface area contributed by atoms with Gasteiger partial charge in [0.15, 0.2) is 0 Å². The van der Waals surface area contributed by atoms with Crippen LogP contribution in [0.5, 0.6) is 0 Å². The van der Waals surface area contributed by atoms with Crippen LogP contribution < -0.4 is 5.73 Å². The number of aromatic nitrogens is 3. The molecule has 2 heterocycles. The molecule has 4 nitrogen and oxygen atoms in total. The fourth-order valence-corrected chi connectivity index (χ4v) is 3.04. The Hall–Kier alpha value is -1.33. The zero-order valence-electron chi connectivity index (χ0n) is 12.1. The number of hydrogen-bond donors (Lipinski definition) is 1. The van der Waals surface area contributed by atoms with Gasteiger partial charge in [0.05, 0.1) is 11.9 Å². The molecule has 0 bridgehead atoms. The van der Waals surface area contributed by atoms with E-state index in [1.165, 1.54) is 0 Å². The average molecular weight is 276 g/mol. The van der Waals surface area contributed by atoms with Crippen LogP contribution in [0.2, 0.25) is 0 Å². The first kappa shape index (κ1) is 14.1. The molecule has 102 valence electrons. The Bertz CT molecular complexity index is 530. The van der Waals surface area contributed by atoms with Gasteiger partial charge in [-0.05, 0) is 13.8 Å². The highest BCUT2D eigenvalue weighted by Gasteiger charge is 2.30. The van der Waals surface area contributed by atoms with Crippen molar-refractivity contribution in [3.8, 4) is 10.7 Å². The lowest BCUT2D eigenvalue weighted by Crippen LogP contribution is -2.31. The Balaban J connectivity index is 2.59. The van der Waals surface area contributed by atoms with Crippen LogP contribution in [0.15, 0.2) is 18.6 Å². The van der Waals surface area contributed by atoms with E-state index < -0.39 is 5.54 Å². The van der Waals surface area contributed by atoms with Gasteiger partial charge in [0.2, 0.25) is 0 Å². The number of hydrogen-bond acceptors (Lipinski definition) is 5. The number of thiazole rings is 1. The van der Waals surface area contributed by atoms with Crippen molar-refractivity contribution in [2.75, 3.05) is 0 Å². The summed E-state index contributed by atoms with van der Waals surface area (Å²) in [4.78, 5) is 14.3. The molecule has 0 aromatic carbocycles. The van der Waals surface area contributed by atoms with Crippen LogP contribution in [0.25, 0.3) is 10.7 Å². The van der Waals surface area contributed by atoms with Gasteiger partial charge in [0.25, 0.3) is 0 Å². The van der Waals surface area contributed by atoms with Crippen molar-refractivity contribution in [2.45, 2.75) is 45.6 Å². The van der Waals surface area contributed by atoms with E-state index in [0.29, 0.717) is 0 Å². The first-order valence-corrected chi connectivity index (χ1v) is 7.08. The highest BCUT2D eigenvalue weighted by atomic mass is 32.1. The summed E-state index contributed by atoms with van der Waals surface area (Å²) in [6.45, 7) is 10.5. The van der Waals surface area contributed by atoms with Crippen LogP contribution in [0.1, 0.15) is 45.2 Å². The van der Waals surface area contributed by atoms with Gasteiger partial charge in [-0.25, -0.2) is 4.98 Å². The van der Waals surface area contributed by atoms with Crippen LogP contribution in [0, 0.1) is 0 Å². The van der Waals surface area contributed by atoms with Gasteiger partial charge in [0, 0.05) is 28.2 Å². The van der Waals surface area contributed by atoms with Gasteiger partial charge in [-0.2, -0.15) is 0 Å². The second kappa shape index (κ2) is 4.65. The maximum Gasteiger partial charge on any atom is 0.144 e. The normalized spacial score (nSPS) is 12.7. The molecule has 0 aliphatic rings. The van der Waals surface area contributed by atoms with Crippen LogP contribution in [-0.2, 0) is 11.0 Å². The minimum atomic E-state index is -0.402. The van der Waals surface area contributed by atoms with Crippen molar-refractivity contribution < 1.29 is 0 Å². The Morgan fingerprint density at radius 1 is 1.11 bits per heavy atom. The molecule has 0 aliphatic heterocycles. The minimum absolute atomic E-state index is 0.0388. The van der Waals surface area contributed by atoms with Gasteiger partial charge < -0.3 is 5.73 Å². The molecule has 0 atom stereocenters. The maximum atomic E-state index is 6.28. The molecule has 2 aromatic rings. The molecule has 0 unspecified atom stereocenters. The SMILES string of the molecule is CC(C)(C)c1nc(-c2cnccn2)sc1C(C)(C)N. The lowest BCUT2D eigenvalue weighted by molar-refractivity contribution is 0.512. The molecule has 0 aliphatic carbocycles. The lowest BCUT2D eigenvalue weighted by Gasteiger charge is -2.24. The summed E-state index contributed by atoms with van der Waals surface area (Å²) in [5, 5.41) is 0.881. The number of rotatable bonds is 2. The van der Waals surface area contributed by atoms with E-state index in [0.717, 1.165) is 21.3 Å². The van der Waals surface area contributed by atoms with Crippen LogP contribution in [-0.4, -0.2) is 15.0 Å². The van der Waals surface area contributed by atoms with Crippen molar-refractivity contribution in [1.29, 1.82) is 0 Å². The number of nitrogens with two attached hydrogens (primary N) is 1. The third-order valence-electron chi connectivity index (χ3n) is 2.71. The van der Waals surface area contributed by atoms with E-state index in [1.54, 1.807) is 29.9 Å². The Kier molecular flexibility index (Phi) is 3.45. The van der Waals surface area contributed by atoms with Crippen molar-refractivity contribution in [3.05, 3.63) is 29.2 Å². The van der Waals surface area contributed by atoms with Crippen molar-refractivity contribution >= 4 is 11.3 Å². The van der Waals surface area contributed by atoms with Crippen molar-refractivity contribution in [2.24, 2.45) is 5.73 Å². The Morgan fingerprint density at radius 2 is 1.79 bits per heavy atom. The quantitative estimate of drug-likeness (QED) is 0.915. The van der Waals surface area contributed by atoms with Gasteiger partial charge in [0.1, 0.15) is 10.7 Å².